The molecule has 3 heterocycles. The van der Waals surface area contributed by atoms with Gasteiger partial charge in [-0.25, -0.2) is 9.97 Å². The molecule has 0 aliphatic heterocycles. The van der Waals surface area contributed by atoms with Crippen molar-refractivity contribution in [3.05, 3.63) is 48.2 Å². The van der Waals surface area contributed by atoms with Gasteiger partial charge in [0.25, 0.3) is 0 Å². The standard InChI is InChI=1S/C10H8N4S/c1-3-13(7-11-1)9-5-15-6-10(9)14-4-2-12-8-14/h1-8H. The van der Waals surface area contributed by atoms with Gasteiger partial charge in [-0.1, -0.05) is 0 Å². The minimum atomic E-state index is 1.12. The Balaban J connectivity index is 2.15. The first-order valence-electron chi connectivity index (χ1n) is 4.48. The van der Waals surface area contributed by atoms with Gasteiger partial charge >= 0.3 is 0 Å². The summed E-state index contributed by atoms with van der Waals surface area (Å²) in [6, 6.07) is 0. The molecule has 0 aliphatic rings. The molecule has 5 heteroatoms. The summed E-state index contributed by atoms with van der Waals surface area (Å²) in [5.41, 5.74) is 2.24. The van der Waals surface area contributed by atoms with E-state index in [0.717, 1.165) is 11.4 Å². The minimum Gasteiger partial charge on any atom is -0.303 e. The average molecular weight is 216 g/mol. The zero-order valence-electron chi connectivity index (χ0n) is 7.82. The van der Waals surface area contributed by atoms with Crippen molar-refractivity contribution in [2.45, 2.75) is 0 Å². The van der Waals surface area contributed by atoms with Gasteiger partial charge < -0.3 is 9.13 Å². The highest BCUT2D eigenvalue weighted by atomic mass is 32.1. The second kappa shape index (κ2) is 3.36. The second-order valence-electron chi connectivity index (χ2n) is 3.08. The number of nitrogens with zero attached hydrogens (tertiary/aromatic N) is 4. The monoisotopic (exact) mass is 216 g/mol. The molecule has 4 nitrogen and oxygen atoms in total. The van der Waals surface area contributed by atoms with E-state index in [1.165, 1.54) is 0 Å². The summed E-state index contributed by atoms with van der Waals surface area (Å²) < 4.78 is 3.98. The molecular formula is C10H8N4S. The molecule has 0 saturated heterocycles. The zero-order chi connectivity index (χ0) is 10.1. The third-order valence-corrected chi connectivity index (χ3v) is 2.91. The van der Waals surface area contributed by atoms with Gasteiger partial charge in [0.05, 0.1) is 24.0 Å². The largest absolute Gasteiger partial charge is 0.303 e. The first-order chi connectivity index (χ1) is 7.45. The topological polar surface area (TPSA) is 35.6 Å². The van der Waals surface area contributed by atoms with Crippen LogP contribution in [0, 0.1) is 0 Å². The fraction of sp³-hybridized carbons (Fsp3) is 0. The minimum absolute atomic E-state index is 1.12. The molecule has 3 rings (SSSR count). The lowest BCUT2D eigenvalue weighted by Gasteiger charge is -2.04. The van der Waals surface area contributed by atoms with Gasteiger partial charge in [-0.05, 0) is 0 Å². The maximum atomic E-state index is 4.04. The molecule has 0 unspecified atom stereocenters. The van der Waals surface area contributed by atoms with Crippen LogP contribution in [0.25, 0.3) is 11.4 Å². The first-order valence-corrected chi connectivity index (χ1v) is 5.42. The Bertz CT molecular complexity index is 487. The summed E-state index contributed by atoms with van der Waals surface area (Å²) in [6.07, 6.45) is 11.0. The maximum absolute atomic E-state index is 4.04. The van der Waals surface area contributed by atoms with Crippen LogP contribution < -0.4 is 0 Å². The molecule has 0 radical (unpaired) electrons. The molecule has 0 bridgehead atoms. The quantitative estimate of drug-likeness (QED) is 0.657. The highest BCUT2D eigenvalue weighted by Gasteiger charge is 2.06. The van der Waals surface area contributed by atoms with E-state index < -0.39 is 0 Å². The number of aromatic nitrogens is 4. The van der Waals surface area contributed by atoms with Crippen LogP contribution in [0.2, 0.25) is 0 Å². The van der Waals surface area contributed by atoms with Gasteiger partial charge in [-0.3, -0.25) is 0 Å². The van der Waals surface area contributed by atoms with Crippen molar-refractivity contribution in [3.63, 3.8) is 0 Å². The molecule has 0 N–H and O–H groups in total. The van der Waals surface area contributed by atoms with Crippen LogP contribution in [0.15, 0.2) is 48.2 Å². The van der Waals surface area contributed by atoms with Crippen LogP contribution in [0.4, 0.5) is 0 Å². The molecule has 0 atom stereocenters. The predicted octanol–water partition coefficient (Wildman–Crippen LogP) is 2.12. The Morgan fingerprint density at radius 3 is 1.80 bits per heavy atom. The Kier molecular flexibility index (Phi) is 1.89. The van der Waals surface area contributed by atoms with Gasteiger partial charge in [-0.15, -0.1) is 11.3 Å². The van der Waals surface area contributed by atoms with Gasteiger partial charge in [0.15, 0.2) is 0 Å². The highest BCUT2D eigenvalue weighted by Crippen LogP contribution is 2.23. The Labute approximate surface area is 90.5 Å². The summed E-state index contributed by atoms with van der Waals surface area (Å²) in [7, 11) is 0. The molecule has 0 aromatic carbocycles. The van der Waals surface area contributed by atoms with E-state index in [4.69, 9.17) is 0 Å². The third kappa shape index (κ3) is 1.37. The Morgan fingerprint density at radius 1 is 0.867 bits per heavy atom. The van der Waals surface area contributed by atoms with Crippen LogP contribution in [0.1, 0.15) is 0 Å². The Hall–Kier alpha value is -1.88. The molecule has 0 saturated carbocycles. The van der Waals surface area contributed by atoms with Gasteiger partial charge in [-0.2, -0.15) is 0 Å². The molecule has 3 aromatic rings. The van der Waals surface area contributed by atoms with Gasteiger partial charge in [0, 0.05) is 35.5 Å². The zero-order valence-corrected chi connectivity index (χ0v) is 8.63. The first kappa shape index (κ1) is 8.43. The maximum Gasteiger partial charge on any atom is 0.0992 e. The summed E-state index contributed by atoms with van der Waals surface area (Å²) in [4.78, 5) is 8.09. The van der Waals surface area contributed by atoms with E-state index in [0.29, 0.717) is 0 Å². The summed E-state index contributed by atoms with van der Waals surface area (Å²) in [5.74, 6) is 0. The second-order valence-corrected chi connectivity index (χ2v) is 3.83. The van der Waals surface area contributed by atoms with Crippen molar-refractivity contribution in [2.24, 2.45) is 0 Å². The summed E-state index contributed by atoms with van der Waals surface area (Å²) in [5, 5.41) is 4.19. The van der Waals surface area contributed by atoms with Crippen LogP contribution in [-0.2, 0) is 0 Å². The number of hydrogen-bond acceptors (Lipinski definition) is 3. The van der Waals surface area contributed by atoms with Gasteiger partial charge in [0.2, 0.25) is 0 Å². The number of rotatable bonds is 2. The lowest BCUT2D eigenvalue weighted by atomic mass is 10.4. The molecule has 0 fully saturated rings. The number of hydrogen-bond donors (Lipinski definition) is 0. The predicted molar refractivity (Wildman–Crippen MR) is 58.6 cm³/mol. The van der Waals surface area contributed by atoms with Crippen molar-refractivity contribution in [1.29, 1.82) is 0 Å². The fourth-order valence-electron chi connectivity index (χ4n) is 1.47. The SMILES string of the molecule is c1cn(-c2cscc2-n2ccnc2)cn1. The molecule has 0 amide bonds. The van der Waals surface area contributed by atoms with Crippen LogP contribution in [0.5, 0.6) is 0 Å². The average Bonchev–Trinajstić information content (AvgIpc) is 3.01. The molecule has 74 valence electrons. The molecule has 0 aliphatic carbocycles. The van der Waals surface area contributed by atoms with E-state index in [1.54, 1.807) is 36.4 Å². The van der Waals surface area contributed by atoms with Crippen molar-refractivity contribution < 1.29 is 0 Å². The lowest BCUT2D eigenvalue weighted by Crippen LogP contribution is -1.95. The lowest BCUT2D eigenvalue weighted by molar-refractivity contribution is 0.996. The van der Waals surface area contributed by atoms with Gasteiger partial charge in [0.1, 0.15) is 0 Å². The summed E-state index contributed by atoms with van der Waals surface area (Å²) in [6.45, 7) is 0. The van der Waals surface area contributed by atoms with Crippen molar-refractivity contribution in [3.8, 4) is 11.4 Å². The smallest absolute Gasteiger partial charge is 0.0992 e. The molecule has 3 aromatic heterocycles. The van der Waals surface area contributed by atoms with Crippen LogP contribution in [-0.4, -0.2) is 19.1 Å². The van der Waals surface area contributed by atoms with Crippen molar-refractivity contribution in [1.82, 2.24) is 19.1 Å². The fourth-order valence-corrected chi connectivity index (χ4v) is 2.28. The van der Waals surface area contributed by atoms with E-state index in [2.05, 4.69) is 20.7 Å². The molecule has 15 heavy (non-hydrogen) atoms. The molecule has 0 spiro atoms. The third-order valence-electron chi connectivity index (χ3n) is 2.19. The number of imidazole rings is 2. The van der Waals surface area contributed by atoms with E-state index >= 15 is 0 Å². The number of thiophene rings is 1. The molecular weight excluding hydrogens is 208 g/mol. The van der Waals surface area contributed by atoms with Crippen LogP contribution >= 0.6 is 11.3 Å². The van der Waals surface area contributed by atoms with E-state index in [-0.39, 0.29) is 0 Å². The highest BCUT2D eigenvalue weighted by molar-refractivity contribution is 7.08. The Morgan fingerprint density at radius 2 is 1.40 bits per heavy atom. The van der Waals surface area contributed by atoms with Crippen molar-refractivity contribution >= 4 is 11.3 Å². The normalized spacial score (nSPS) is 10.7. The van der Waals surface area contributed by atoms with E-state index in [1.807, 2.05) is 21.5 Å². The summed E-state index contributed by atoms with van der Waals surface area (Å²) >= 11 is 1.67. The van der Waals surface area contributed by atoms with E-state index in [9.17, 15) is 0 Å². The van der Waals surface area contributed by atoms with Crippen molar-refractivity contribution in [2.75, 3.05) is 0 Å². The van der Waals surface area contributed by atoms with Crippen LogP contribution in [0.3, 0.4) is 0 Å².